The number of hydrogen-bond donors (Lipinski definition) is 1. The first-order valence-corrected chi connectivity index (χ1v) is 6.83. The third kappa shape index (κ3) is 4.43. The molecule has 0 radical (unpaired) electrons. The van der Waals surface area contributed by atoms with Gasteiger partial charge in [0.15, 0.2) is 0 Å². The third-order valence-electron chi connectivity index (χ3n) is 2.57. The number of carbonyl (C=O) groups is 1. The zero-order chi connectivity index (χ0) is 17.0. The second-order valence-electron chi connectivity index (χ2n) is 4.16. The maximum Gasteiger partial charge on any atom is 0.447 e. The number of pyridine rings is 1. The maximum atomic E-state index is 13.2. The first-order chi connectivity index (χ1) is 10.8. The van der Waals surface area contributed by atoms with E-state index in [-0.39, 0.29) is 16.8 Å². The maximum absolute atomic E-state index is 13.2. The molecule has 118 valence electrons. The van der Waals surface area contributed by atoms with Crippen molar-refractivity contribution in [2.75, 3.05) is 5.32 Å². The molecular formula is C14H7F4N3OS. The number of rotatable bonds is 3. The highest BCUT2D eigenvalue weighted by atomic mass is 32.2. The minimum Gasteiger partial charge on any atom is -0.322 e. The monoisotopic (exact) mass is 341 g/mol. The van der Waals surface area contributed by atoms with Crippen molar-refractivity contribution in [2.45, 2.75) is 10.5 Å². The van der Waals surface area contributed by atoms with Crippen LogP contribution in [0.4, 0.5) is 23.2 Å². The van der Waals surface area contributed by atoms with Gasteiger partial charge in [-0.05, 0) is 30.3 Å². The Labute approximate surface area is 132 Å². The fourth-order valence-corrected chi connectivity index (χ4v) is 2.25. The average Bonchev–Trinajstić information content (AvgIpc) is 2.48. The highest BCUT2D eigenvalue weighted by Gasteiger charge is 2.32. The number of amides is 1. The molecule has 1 aromatic heterocycles. The highest BCUT2D eigenvalue weighted by Crippen LogP contribution is 2.37. The van der Waals surface area contributed by atoms with Gasteiger partial charge in [-0.25, -0.2) is 9.37 Å². The lowest BCUT2D eigenvalue weighted by molar-refractivity contribution is -0.0329. The molecule has 1 N–H and O–H groups in total. The van der Waals surface area contributed by atoms with Gasteiger partial charge in [-0.1, -0.05) is 0 Å². The van der Waals surface area contributed by atoms with Crippen molar-refractivity contribution in [1.82, 2.24) is 4.98 Å². The van der Waals surface area contributed by atoms with Gasteiger partial charge in [0, 0.05) is 23.6 Å². The minimum absolute atomic E-state index is 0.0831. The molecule has 0 unspecified atom stereocenters. The predicted octanol–water partition coefficient (Wildman–Crippen LogP) is 3.96. The summed E-state index contributed by atoms with van der Waals surface area (Å²) in [5.74, 6) is -1.61. The average molecular weight is 341 g/mol. The molecule has 2 aromatic rings. The number of carbonyl (C=O) groups excluding carboxylic acids is 1. The summed E-state index contributed by atoms with van der Waals surface area (Å²) in [6, 6.07) is 7.36. The Morgan fingerprint density at radius 3 is 2.70 bits per heavy atom. The van der Waals surface area contributed by atoms with Crippen molar-refractivity contribution in [3.63, 3.8) is 0 Å². The van der Waals surface area contributed by atoms with Crippen LogP contribution in [-0.2, 0) is 0 Å². The molecule has 0 aliphatic heterocycles. The smallest absolute Gasteiger partial charge is 0.322 e. The van der Waals surface area contributed by atoms with Crippen molar-refractivity contribution in [3.05, 3.63) is 53.5 Å². The molecule has 0 aliphatic rings. The molecule has 9 heteroatoms. The summed E-state index contributed by atoms with van der Waals surface area (Å²) in [6.45, 7) is 0. The van der Waals surface area contributed by atoms with E-state index in [2.05, 4.69) is 10.3 Å². The fraction of sp³-hybridized carbons (Fsp3) is 0.0714. The van der Waals surface area contributed by atoms with Crippen LogP contribution in [0.1, 0.15) is 15.9 Å². The molecule has 0 bridgehead atoms. The van der Waals surface area contributed by atoms with Crippen molar-refractivity contribution in [1.29, 1.82) is 5.26 Å². The summed E-state index contributed by atoms with van der Waals surface area (Å²) in [4.78, 5) is 15.6. The third-order valence-corrected chi connectivity index (χ3v) is 3.32. The molecular weight excluding hydrogens is 334 g/mol. The normalized spacial score (nSPS) is 10.9. The topological polar surface area (TPSA) is 65.8 Å². The number of nitrogens with zero attached hydrogens (tertiary/aromatic N) is 2. The Bertz CT molecular complexity index is 786. The number of alkyl halides is 3. The zero-order valence-electron chi connectivity index (χ0n) is 11.2. The van der Waals surface area contributed by atoms with E-state index in [9.17, 15) is 22.4 Å². The number of hydrogen-bond acceptors (Lipinski definition) is 4. The molecule has 0 saturated carbocycles. The molecule has 1 heterocycles. The molecule has 1 aromatic carbocycles. The lowest BCUT2D eigenvalue weighted by atomic mass is 10.2. The van der Waals surface area contributed by atoms with Gasteiger partial charge in [-0.15, -0.1) is 0 Å². The van der Waals surface area contributed by atoms with Gasteiger partial charge in [0.25, 0.3) is 5.91 Å². The Morgan fingerprint density at radius 1 is 1.30 bits per heavy atom. The van der Waals surface area contributed by atoms with Gasteiger partial charge in [0.05, 0.1) is 11.1 Å². The molecule has 1 amide bonds. The van der Waals surface area contributed by atoms with Crippen LogP contribution in [-0.4, -0.2) is 16.4 Å². The summed E-state index contributed by atoms with van der Waals surface area (Å²) >= 11 is -0.508. The standard InChI is InChI=1S/C14H7F4N3OS/c15-11-4-3-9(6-8(11)7-19)21-12(22)10-2-1-5-20-13(10)23-14(16,17)18/h1-6H,(H,21,22). The number of aromatic nitrogens is 1. The van der Waals surface area contributed by atoms with Gasteiger partial charge in [-0.3, -0.25) is 4.79 Å². The van der Waals surface area contributed by atoms with Gasteiger partial charge < -0.3 is 5.32 Å². The van der Waals surface area contributed by atoms with E-state index in [4.69, 9.17) is 5.26 Å². The lowest BCUT2D eigenvalue weighted by Gasteiger charge is -2.10. The van der Waals surface area contributed by atoms with Crippen molar-refractivity contribution in [3.8, 4) is 6.07 Å². The van der Waals surface area contributed by atoms with Crippen LogP contribution in [0.25, 0.3) is 0 Å². The second-order valence-corrected chi connectivity index (χ2v) is 5.22. The van der Waals surface area contributed by atoms with Gasteiger partial charge in [-0.2, -0.15) is 18.4 Å². The summed E-state index contributed by atoms with van der Waals surface area (Å²) < 4.78 is 50.6. The molecule has 23 heavy (non-hydrogen) atoms. The minimum atomic E-state index is -4.59. The van der Waals surface area contributed by atoms with Gasteiger partial charge >= 0.3 is 5.51 Å². The van der Waals surface area contributed by atoms with Crippen LogP contribution >= 0.6 is 11.8 Å². The van der Waals surface area contributed by atoms with Crippen LogP contribution in [0.5, 0.6) is 0 Å². The number of benzene rings is 1. The SMILES string of the molecule is N#Cc1cc(NC(=O)c2cccnc2SC(F)(F)F)ccc1F. The molecule has 2 rings (SSSR count). The summed E-state index contributed by atoms with van der Waals surface area (Å²) in [7, 11) is 0. The van der Waals surface area contributed by atoms with E-state index < -0.39 is 34.0 Å². The number of thioether (sulfide) groups is 1. The van der Waals surface area contributed by atoms with E-state index in [0.717, 1.165) is 18.3 Å². The molecule has 4 nitrogen and oxygen atoms in total. The van der Waals surface area contributed by atoms with Crippen molar-refractivity contribution in [2.24, 2.45) is 0 Å². The number of anilines is 1. The molecule has 0 spiro atoms. The van der Waals surface area contributed by atoms with Crippen LogP contribution in [0.2, 0.25) is 0 Å². The summed E-state index contributed by atoms with van der Waals surface area (Å²) in [5, 5.41) is 10.5. The zero-order valence-corrected chi connectivity index (χ0v) is 12.0. The first-order valence-electron chi connectivity index (χ1n) is 6.02. The van der Waals surface area contributed by atoms with E-state index in [0.29, 0.717) is 0 Å². The molecule has 0 aliphatic carbocycles. The lowest BCUT2D eigenvalue weighted by Crippen LogP contribution is -2.15. The van der Waals surface area contributed by atoms with Crippen LogP contribution < -0.4 is 5.32 Å². The Hall–Kier alpha value is -2.60. The van der Waals surface area contributed by atoms with Crippen molar-refractivity contribution < 1.29 is 22.4 Å². The van der Waals surface area contributed by atoms with Crippen LogP contribution in [0, 0.1) is 17.1 Å². The largest absolute Gasteiger partial charge is 0.447 e. The predicted molar refractivity (Wildman–Crippen MR) is 75.2 cm³/mol. The van der Waals surface area contributed by atoms with E-state index in [1.54, 1.807) is 6.07 Å². The summed E-state index contributed by atoms with van der Waals surface area (Å²) in [5.41, 5.74) is -5.08. The Balaban J connectivity index is 2.27. The second kappa shape index (κ2) is 6.66. The van der Waals surface area contributed by atoms with E-state index >= 15 is 0 Å². The Kier molecular flexibility index (Phi) is 4.86. The fourth-order valence-electron chi connectivity index (χ4n) is 1.64. The van der Waals surface area contributed by atoms with Gasteiger partial charge in [0.1, 0.15) is 16.9 Å². The van der Waals surface area contributed by atoms with E-state index in [1.807, 2.05) is 0 Å². The van der Waals surface area contributed by atoms with Crippen molar-refractivity contribution >= 4 is 23.4 Å². The first kappa shape index (κ1) is 16.8. The van der Waals surface area contributed by atoms with Crippen LogP contribution in [0.3, 0.4) is 0 Å². The van der Waals surface area contributed by atoms with Crippen LogP contribution in [0.15, 0.2) is 41.6 Å². The molecule has 0 atom stereocenters. The van der Waals surface area contributed by atoms with E-state index in [1.165, 1.54) is 18.2 Å². The van der Waals surface area contributed by atoms with Gasteiger partial charge in [0.2, 0.25) is 0 Å². The summed E-state index contributed by atoms with van der Waals surface area (Å²) in [6.07, 6.45) is 1.14. The number of nitriles is 1. The number of nitrogens with one attached hydrogen (secondary N) is 1. The Morgan fingerprint density at radius 2 is 2.04 bits per heavy atom. The number of halogens is 4. The molecule has 0 saturated heterocycles. The molecule has 0 fully saturated rings. The quantitative estimate of drug-likeness (QED) is 0.678. The highest BCUT2D eigenvalue weighted by molar-refractivity contribution is 8.00.